The van der Waals surface area contributed by atoms with Crippen LogP contribution >= 0.6 is 0 Å². The van der Waals surface area contributed by atoms with E-state index in [1.807, 2.05) is 17.0 Å². The number of pyridine rings is 1. The number of carbonyl (C=O) groups is 1. The summed E-state index contributed by atoms with van der Waals surface area (Å²) in [6.07, 6.45) is 10.5. The van der Waals surface area contributed by atoms with Gasteiger partial charge in [0.2, 0.25) is 5.91 Å². The molecule has 3 heterocycles. The van der Waals surface area contributed by atoms with Crippen molar-refractivity contribution in [3.8, 4) is 11.3 Å². The fourth-order valence-corrected chi connectivity index (χ4v) is 3.64. The molecule has 0 bridgehead atoms. The molecule has 6 heteroatoms. The van der Waals surface area contributed by atoms with Gasteiger partial charge in [-0.05, 0) is 37.5 Å². The second-order valence-corrected chi connectivity index (χ2v) is 7.07. The summed E-state index contributed by atoms with van der Waals surface area (Å²) in [5.41, 5.74) is 1.59. The van der Waals surface area contributed by atoms with Crippen LogP contribution in [0.4, 0.5) is 0 Å². The molecule has 1 amide bonds. The van der Waals surface area contributed by atoms with Crippen molar-refractivity contribution in [2.75, 3.05) is 13.1 Å². The highest BCUT2D eigenvalue weighted by Gasteiger charge is 2.34. The number of nitrogens with zero attached hydrogens (tertiary/aromatic N) is 4. The van der Waals surface area contributed by atoms with Gasteiger partial charge in [0.15, 0.2) is 0 Å². The molecule has 0 aromatic carbocycles. The van der Waals surface area contributed by atoms with Gasteiger partial charge >= 0.3 is 0 Å². The Morgan fingerprint density at radius 2 is 1.92 bits per heavy atom. The minimum atomic E-state index is -0.106. The van der Waals surface area contributed by atoms with Crippen LogP contribution in [0.1, 0.15) is 19.3 Å². The van der Waals surface area contributed by atoms with Crippen molar-refractivity contribution in [2.45, 2.75) is 25.8 Å². The summed E-state index contributed by atoms with van der Waals surface area (Å²) < 4.78 is 1.52. The highest BCUT2D eigenvalue weighted by Crippen LogP contribution is 2.25. The number of hydrogen-bond donors (Lipinski definition) is 0. The van der Waals surface area contributed by atoms with E-state index in [0.717, 1.165) is 30.5 Å². The van der Waals surface area contributed by atoms with Crippen molar-refractivity contribution >= 4 is 5.91 Å². The van der Waals surface area contributed by atoms with E-state index in [2.05, 4.69) is 22.2 Å². The standard InChI is InChI=1S/C20H22N4O2/c25-19-7-6-18(16-8-10-21-11-9-16)22-24(19)14-15-12-23(13-15)20(26)17-4-2-1-3-5-17/h1-2,6-11,15,17H,3-5,12-14H2. The van der Waals surface area contributed by atoms with Crippen LogP contribution in [0.25, 0.3) is 11.3 Å². The van der Waals surface area contributed by atoms with Crippen LogP contribution in [0.3, 0.4) is 0 Å². The Morgan fingerprint density at radius 3 is 2.65 bits per heavy atom. The smallest absolute Gasteiger partial charge is 0.266 e. The molecule has 1 aliphatic carbocycles. The summed E-state index contributed by atoms with van der Waals surface area (Å²) in [7, 11) is 0. The van der Waals surface area contributed by atoms with E-state index >= 15 is 0 Å². The first-order valence-electron chi connectivity index (χ1n) is 9.13. The lowest BCUT2D eigenvalue weighted by molar-refractivity contribution is -0.142. The van der Waals surface area contributed by atoms with Crippen molar-refractivity contribution < 1.29 is 4.79 Å². The second-order valence-electron chi connectivity index (χ2n) is 7.07. The van der Waals surface area contributed by atoms with Crippen molar-refractivity contribution in [3.05, 3.63) is 59.2 Å². The Balaban J connectivity index is 1.39. The number of allylic oxidation sites excluding steroid dienone is 2. The van der Waals surface area contributed by atoms with Crippen molar-refractivity contribution in [1.82, 2.24) is 19.7 Å². The van der Waals surface area contributed by atoms with Gasteiger partial charge in [0.25, 0.3) is 5.56 Å². The van der Waals surface area contributed by atoms with Gasteiger partial charge in [-0.3, -0.25) is 14.6 Å². The molecule has 1 aliphatic heterocycles. The SMILES string of the molecule is O=C(C1CC=CCC1)N1CC(Cn2nc(-c3ccncc3)ccc2=O)C1. The molecule has 2 aromatic heterocycles. The third-order valence-electron chi connectivity index (χ3n) is 5.16. The van der Waals surface area contributed by atoms with Crippen LogP contribution in [0.2, 0.25) is 0 Å². The molecule has 6 nitrogen and oxygen atoms in total. The Hall–Kier alpha value is -2.76. The predicted octanol–water partition coefficient (Wildman–Crippen LogP) is 2.12. The maximum absolute atomic E-state index is 12.5. The molecule has 0 spiro atoms. The van der Waals surface area contributed by atoms with E-state index < -0.39 is 0 Å². The Labute approximate surface area is 152 Å². The first-order chi connectivity index (χ1) is 12.7. The van der Waals surface area contributed by atoms with E-state index in [4.69, 9.17) is 0 Å². The quantitative estimate of drug-likeness (QED) is 0.792. The van der Waals surface area contributed by atoms with Crippen molar-refractivity contribution in [1.29, 1.82) is 0 Å². The van der Waals surface area contributed by atoms with Gasteiger partial charge in [0.05, 0.1) is 12.2 Å². The lowest BCUT2D eigenvalue weighted by Gasteiger charge is -2.41. The molecule has 0 saturated carbocycles. The molecule has 0 radical (unpaired) electrons. The van der Waals surface area contributed by atoms with Gasteiger partial charge in [-0.15, -0.1) is 0 Å². The van der Waals surface area contributed by atoms with Crippen LogP contribution < -0.4 is 5.56 Å². The number of rotatable bonds is 4. The summed E-state index contributed by atoms with van der Waals surface area (Å²) in [6, 6.07) is 7.04. The summed E-state index contributed by atoms with van der Waals surface area (Å²) in [6.45, 7) is 1.98. The number of carbonyl (C=O) groups excluding carboxylic acids is 1. The molecule has 1 fully saturated rings. The largest absolute Gasteiger partial charge is 0.342 e. The van der Waals surface area contributed by atoms with Crippen LogP contribution in [0, 0.1) is 11.8 Å². The van der Waals surface area contributed by atoms with Crippen LogP contribution in [-0.4, -0.2) is 38.7 Å². The zero-order valence-electron chi connectivity index (χ0n) is 14.6. The Bertz CT molecular complexity index is 869. The van der Waals surface area contributed by atoms with E-state index in [1.165, 1.54) is 4.68 Å². The molecular weight excluding hydrogens is 328 g/mol. The highest BCUT2D eigenvalue weighted by molar-refractivity contribution is 5.80. The summed E-state index contributed by atoms with van der Waals surface area (Å²) in [5.74, 6) is 0.684. The van der Waals surface area contributed by atoms with Gasteiger partial charge in [-0.25, -0.2) is 4.68 Å². The van der Waals surface area contributed by atoms with Crippen LogP contribution in [-0.2, 0) is 11.3 Å². The van der Waals surface area contributed by atoms with Gasteiger partial charge in [0, 0.05) is 48.9 Å². The monoisotopic (exact) mass is 350 g/mol. The van der Waals surface area contributed by atoms with E-state index in [0.29, 0.717) is 19.6 Å². The second kappa shape index (κ2) is 7.23. The highest BCUT2D eigenvalue weighted by atomic mass is 16.2. The molecule has 1 atom stereocenters. The third-order valence-corrected chi connectivity index (χ3v) is 5.16. The molecule has 1 unspecified atom stereocenters. The van der Waals surface area contributed by atoms with Gasteiger partial charge in [-0.1, -0.05) is 12.2 Å². The molecule has 134 valence electrons. The first-order valence-corrected chi connectivity index (χ1v) is 9.13. The van der Waals surface area contributed by atoms with E-state index in [-0.39, 0.29) is 23.3 Å². The lowest BCUT2D eigenvalue weighted by Crippen LogP contribution is -2.54. The number of amides is 1. The van der Waals surface area contributed by atoms with Crippen molar-refractivity contribution in [2.24, 2.45) is 11.8 Å². The topological polar surface area (TPSA) is 68.1 Å². The van der Waals surface area contributed by atoms with Gasteiger partial charge < -0.3 is 4.90 Å². The first kappa shape index (κ1) is 16.7. The lowest BCUT2D eigenvalue weighted by atomic mass is 9.90. The number of likely N-dealkylation sites (tertiary alicyclic amines) is 1. The average Bonchev–Trinajstić information content (AvgIpc) is 2.66. The zero-order valence-corrected chi connectivity index (χ0v) is 14.6. The Kier molecular flexibility index (Phi) is 4.65. The fourth-order valence-electron chi connectivity index (χ4n) is 3.64. The van der Waals surface area contributed by atoms with E-state index in [1.54, 1.807) is 24.5 Å². The third kappa shape index (κ3) is 3.45. The minimum Gasteiger partial charge on any atom is -0.342 e. The van der Waals surface area contributed by atoms with Crippen molar-refractivity contribution in [3.63, 3.8) is 0 Å². The molecule has 0 N–H and O–H groups in total. The minimum absolute atomic E-state index is 0.106. The molecule has 26 heavy (non-hydrogen) atoms. The van der Waals surface area contributed by atoms with Gasteiger partial charge in [0.1, 0.15) is 0 Å². The molecule has 2 aromatic rings. The molecular formula is C20H22N4O2. The van der Waals surface area contributed by atoms with E-state index in [9.17, 15) is 9.59 Å². The summed E-state index contributed by atoms with van der Waals surface area (Å²) >= 11 is 0. The zero-order chi connectivity index (χ0) is 17.9. The number of aromatic nitrogens is 3. The molecule has 4 rings (SSSR count). The fraction of sp³-hybridized carbons (Fsp3) is 0.400. The summed E-state index contributed by atoms with van der Waals surface area (Å²) in [4.78, 5) is 30.6. The normalized spacial score (nSPS) is 20.0. The molecule has 1 saturated heterocycles. The maximum Gasteiger partial charge on any atom is 0.266 e. The predicted molar refractivity (Wildman–Crippen MR) is 98.3 cm³/mol. The van der Waals surface area contributed by atoms with Crippen LogP contribution in [0.5, 0.6) is 0 Å². The maximum atomic E-state index is 12.5. The van der Waals surface area contributed by atoms with Gasteiger partial charge in [-0.2, -0.15) is 5.10 Å². The Morgan fingerprint density at radius 1 is 1.12 bits per heavy atom. The molecule has 2 aliphatic rings. The average molecular weight is 350 g/mol. The van der Waals surface area contributed by atoms with Crippen LogP contribution in [0.15, 0.2) is 53.6 Å². The summed E-state index contributed by atoms with van der Waals surface area (Å²) in [5, 5.41) is 4.49. The number of hydrogen-bond acceptors (Lipinski definition) is 4.